The molecule has 3 rings (SSSR count). The van der Waals surface area contributed by atoms with E-state index in [1.54, 1.807) is 6.20 Å². The van der Waals surface area contributed by atoms with E-state index in [-0.39, 0.29) is 10.5 Å². The average Bonchev–Trinajstić information content (AvgIpc) is 2.49. The van der Waals surface area contributed by atoms with Crippen LogP contribution in [-0.4, -0.2) is 21.3 Å². The summed E-state index contributed by atoms with van der Waals surface area (Å²) < 4.78 is 13.9. The molecule has 0 aliphatic heterocycles. The molecular formula is C15H9FN2O2S. The molecular weight excluding hydrogens is 291 g/mol. The van der Waals surface area contributed by atoms with Crippen molar-refractivity contribution in [2.45, 2.75) is 9.92 Å². The first-order valence-corrected chi connectivity index (χ1v) is 6.88. The molecule has 2 aromatic carbocycles. The lowest BCUT2D eigenvalue weighted by atomic mass is 10.2. The summed E-state index contributed by atoms with van der Waals surface area (Å²) in [6.07, 6.45) is 1.63. The fourth-order valence-corrected chi connectivity index (χ4v) is 2.84. The Bertz CT molecular complexity index is 834. The van der Waals surface area contributed by atoms with Crippen molar-refractivity contribution in [1.82, 2.24) is 10.2 Å². The van der Waals surface area contributed by atoms with Crippen molar-refractivity contribution in [1.29, 1.82) is 0 Å². The molecule has 104 valence electrons. The van der Waals surface area contributed by atoms with Crippen LogP contribution >= 0.6 is 11.8 Å². The molecule has 0 amide bonds. The molecule has 21 heavy (non-hydrogen) atoms. The van der Waals surface area contributed by atoms with Crippen molar-refractivity contribution in [3.05, 3.63) is 60.0 Å². The van der Waals surface area contributed by atoms with Gasteiger partial charge in [-0.15, -0.1) is 5.10 Å². The van der Waals surface area contributed by atoms with Crippen LogP contribution < -0.4 is 0 Å². The standard InChI is InChI=1S/C15H9FN2O2S/c16-12-6-5-9(15(19)20)7-13(12)21-14-11-4-2-1-3-10(11)8-17-18-14/h1-8H,(H,19,20). The molecule has 0 aliphatic carbocycles. The van der Waals surface area contributed by atoms with E-state index in [2.05, 4.69) is 10.2 Å². The number of rotatable bonds is 3. The molecule has 0 radical (unpaired) electrons. The molecule has 0 bridgehead atoms. The summed E-state index contributed by atoms with van der Waals surface area (Å²) in [5.41, 5.74) is 0.0343. The fraction of sp³-hybridized carbons (Fsp3) is 0. The van der Waals surface area contributed by atoms with Crippen molar-refractivity contribution in [2.24, 2.45) is 0 Å². The summed E-state index contributed by atoms with van der Waals surface area (Å²) in [6.45, 7) is 0. The van der Waals surface area contributed by atoms with E-state index >= 15 is 0 Å². The van der Waals surface area contributed by atoms with Gasteiger partial charge in [-0.25, -0.2) is 9.18 Å². The highest BCUT2D eigenvalue weighted by atomic mass is 32.2. The molecule has 0 saturated carbocycles. The number of aromatic carboxylic acids is 1. The first kappa shape index (κ1) is 13.5. The Morgan fingerprint density at radius 1 is 1.19 bits per heavy atom. The molecule has 0 saturated heterocycles. The Balaban J connectivity index is 2.06. The smallest absolute Gasteiger partial charge is 0.335 e. The van der Waals surface area contributed by atoms with Crippen LogP contribution in [0.3, 0.4) is 0 Å². The third-order valence-electron chi connectivity index (χ3n) is 2.92. The monoisotopic (exact) mass is 300 g/mol. The highest BCUT2D eigenvalue weighted by Gasteiger charge is 2.12. The van der Waals surface area contributed by atoms with Gasteiger partial charge in [0.1, 0.15) is 10.8 Å². The van der Waals surface area contributed by atoms with Crippen molar-refractivity contribution in [2.75, 3.05) is 0 Å². The van der Waals surface area contributed by atoms with Gasteiger partial charge in [-0.05, 0) is 18.2 Å². The lowest BCUT2D eigenvalue weighted by Gasteiger charge is -2.06. The van der Waals surface area contributed by atoms with E-state index in [0.29, 0.717) is 5.03 Å². The molecule has 4 nitrogen and oxygen atoms in total. The van der Waals surface area contributed by atoms with Crippen LogP contribution in [0.4, 0.5) is 4.39 Å². The summed E-state index contributed by atoms with van der Waals surface area (Å²) in [5, 5.41) is 19.2. The zero-order chi connectivity index (χ0) is 14.8. The van der Waals surface area contributed by atoms with Gasteiger partial charge in [-0.2, -0.15) is 5.10 Å². The minimum absolute atomic E-state index is 0.0343. The van der Waals surface area contributed by atoms with Crippen LogP contribution in [0.2, 0.25) is 0 Å². The lowest BCUT2D eigenvalue weighted by Crippen LogP contribution is -1.97. The fourth-order valence-electron chi connectivity index (χ4n) is 1.90. The zero-order valence-electron chi connectivity index (χ0n) is 10.7. The first-order valence-electron chi connectivity index (χ1n) is 6.06. The predicted molar refractivity (Wildman–Crippen MR) is 77.0 cm³/mol. The Morgan fingerprint density at radius 3 is 2.81 bits per heavy atom. The first-order chi connectivity index (χ1) is 10.1. The quantitative estimate of drug-likeness (QED) is 0.800. The second-order valence-corrected chi connectivity index (χ2v) is 5.32. The Morgan fingerprint density at radius 2 is 2.00 bits per heavy atom. The van der Waals surface area contributed by atoms with Gasteiger partial charge in [0.2, 0.25) is 0 Å². The maximum atomic E-state index is 13.9. The number of hydrogen-bond donors (Lipinski definition) is 1. The van der Waals surface area contributed by atoms with Gasteiger partial charge in [0.15, 0.2) is 0 Å². The van der Waals surface area contributed by atoms with Crippen LogP contribution in [0, 0.1) is 5.82 Å². The molecule has 0 atom stereocenters. The molecule has 1 heterocycles. The Kier molecular flexibility index (Phi) is 3.53. The van der Waals surface area contributed by atoms with Crippen LogP contribution in [0.25, 0.3) is 10.8 Å². The normalized spacial score (nSPS) is 10.7. The van der Waals surface area contributed by atoms with Gasteiger partial charge < -0.3 is 5.11 Å². The Labute approximate surface area is 123 Å². The minimum atomic E-state index is -1.10. The van der Waals surface area contributed by atoms with Crippen LogP contribution in [0.1, 0.15) is 10.4 Å². The third-order valence-corrected chi connectivity index (χ3v) is 3.95. The molecule has 0 aliphatic rings. The summed E-state index contributed by atoms with van der Waals surface area (Å²) in [6, 6.07) is 11.2. The van der Waals surface area contributed by atoms with Gasteiger partial charge in [-0.1, -0.05) is 36.0 Å². The number of fused-ring (bicyclic) bond motifs is 1. The number of carbonyl (C=O) groups is 1. The lowest BCUT2D eigenvalue weighted by molar-refractivity contribution is 0.0696. The molecule has 1 N–H and O–H groups in total. The van der Waals surface area contributed by atoms with E-state index < -0.39 is 11.8 Å². The maximum Gasteiger partial charge on any atom is 0.335 e. The summed E-state index contributed by atoms with van der Waals surface area (Å²) in [7, 11) is 0. The van der Waals surface area contributed by atoms with Crippen LogP contribution in [0.5, 0.6) is 0 Å². The summed E-state index contributed by atoms with van der Waals surface area (Å²) >= 11 is 1.06. The zero-order valence-corrected chi connectivity index (χ0v) is 11.5. The Hall–Kier alpha value is -2.47. The summed E-state index contributed by atoms with van der Waals surface area (Å²) in [4.78, 5) is 11.2. The number of carboxylic acid groups (broad SMARTS) is 1. The number of carboxylic acids is 1. The van der Waals surface area contributed by atoms with E-state index in [9.17, 15) is 9.18 Å². The highest BCUT2D eigenvalue weighted by Crippen LogP contribution is 2.33. The largest absolute Gasteiger partial charge is 0.478 e. The molecule has 0 fully saturated rings. The molecule has 0 unspecified atom stereocenters. The van der Waals surface area contributed by atoms with E-state index in [4.69, 9.17) is 5.11 Å². The van der Waals surface area contributed by atoms with Crippen molar-refractivity contribution >= 4 is 28.5 Å². The number of nitrogens with zero attached hydrogens (tertiary/aromatic N) is 2. The van der Waals surface area contributed by atoms with Gasteiger partial charge in [0.05, 0.1) is 16.7 Å². The predicted octanol–water partition coefficient (Wildman–Crippen LogP) is 3.62. The maximum absolute atomic E-state index is 13.9. The van der Waals surface area contributed by atoms with Crippen molar-refractivity contribution in [3.8, 4) is 0 Å². The third kappa shape index (κ3) is 2.71. The average molecular weight is 300 g/mol. The molecule has 1 aromatic heterocycles. The van der Waals surface area contributed by atoms with Crippen LogP contribution in [0.15, 0.2) is 58.6 Å². The van der Waals surface area contributed by atoms with Gasteiger partial charge in [0.25, 0.3) is 0 Å². The van der Waals surface area contributed by atoms with E-state index in [1.165, 1.54) is 12.1 Å². The number of benzene rings is 2. The van der Waals surface area contributed by atoms with E-state index in [0.717, 1.165) is 28.6 Å². The van der Waals surface area contributed by atoms with Crippen molar-refractivity contribution in [3.63, 3.8) is 0 Å². The second-order valence-electron chi connectivity index (χ2n) is 4.29. The SMILES string of the molecule is O=C(O)c1ccc(F)c(Sc2nncc3ccccc23)c1. The van der Waals surface area contributed by atoms with Crippen LogP contribution in [-0.2, 0) is 0 Å². The summed E-state index contributed by atoms with van der Waals surface area (Å²) in [5.74, 6) is -1.58. The highest BCUT2D eigenvalue weighted by molar-refractivity contribution is 7.99. The second kappa shape index (κ2) is 5.49. The molecule has 3 aromatic rings. The van der Waals surface area contributed by atoms with Gasteiger partial charge in [-0.3, -0.25) is 0 Å². The number of aromatic nitrogens is 2. The van der Waals surface area contributed by atoms with Gasteiger partial charge >= 0.3 is 5.97 Å². The minimum Gasteiger partial charge on any atom is -0.478 e. The van der Waals surface area contributed by atoms with E-state index in [1.807, 2.05) is 24.3 Å². The number of halogens is 1. The number of hydrogen-bond acceptors (Lipinski definition) is 4. The molecule has 0 spiro atoms. The topological polar surface area (TPSA) is 63.1 Å². The van der Waals surface area contributed by atoms with Crippen molar-refractivity contribution < 1.29 is 14.3 Å². The van der Waals surface area contributed by atoms with Gasteiger partial charge in [0, 0.05) is 10.8 Å². The molecule has 6 heteroatoms.